The standard InChI is InChI=1S/C14H22BrNO2/c1-10(2)16-9-12-8-13(15)4-5-14(12)18-7-6-11(3)17/h4-5,8,10-11,16-17H,6-7,9H2,1-3H3. The quantitative estimate of drug-likeness (QED) is 0.812. The lowest BCUT2D eigenvalue weighted by atomic mass is 10.2. The zero-order chi connectivity index (χ0) is 13.5. The van der Waals surface area contributed by atoms with E-state index in [4.69, 9.17) is 4.74 Å². The van der Waals surface area contributed by atoms with Gasteiger partial charge in [-0.2, -0.15) is 0 Å². The van der Waals surface area contributed by atoms with Gasteiger partial charge in [-0.25, -0.2) is 0 Å². The van der Waals surface area contributed by atoms with Crippen molar-refractivity contribution in [1.82, 2.24) is 5.32 Å². The van der Waals surface area contributed by atoms with Crippen molar-refractivity contribution >= 4 is 15.9 Å². The van der Waals surface area contributed by atoms with E-state index in [0.717, 1.165) is 22.3 Å². The van der Waals surface area contributed by atoms with Crippen LogP contribution in [0.15, 0.2) is 22.7 Å². The first-order valence-electron chi connectivity index (χ1n) is 6.31. The van der Waals surface area contributed by atoms with Crippen molar-refractivity contribution in [2.24, 2.45) is 0 Å². The molecule has 1 rings (SSSR count). The van der Waals surface area contributed by atoms with Crippen molar-refractivity contribution in [3.8, 4) is 5.75 Å². The van der Waals surface area contributed by atoms with Gasteiger partial charge in [-0.1, -0.05) is 29.8 Å². The molecule has 0 spiro atoms. The van der Waals surface area contributed by atoms with Crippen LogP contribution in [0.2, 0.25) is 0 Å². The second-order valence-corrected chi connectivity index (χ2v) is 5.69. The molecule has 2 N–H and O–H groups in total. The highest BCUT2D eigenvalue weighted by Crippen LogP contribution is 2.23. The number of ether oxygens (including phenoxy) is 1. The molecular weight excluding hydrogens is 294 g/mol. The molecule has 4 heteroatoms. The Morgan fingerprint density at radius 2 is 2.06 bits per heavy atom. The number of hydrogen-bond donors (Lipinski definition) is 2. The smallest absolute Gasteiger partial charge is 0.123 e. The van der Waals surface area contributed by atoms with Gasteiger partial charge in [0.05, 0.1) is 12.7 Å². The Morgan fingerprint density at radius 1 is 1.33 bits per heavy atom. The summed E-state index contributed by atoms with van der Waals surface area (Å²) in [5.74, 6) is 0.881. The van der Waals surface area contributed by atoms with Crippen LogP contribution in [0.3, 0.4) is 0 Å². The van der Waals surface area contributed by atoms with Gasteiger partial charge in [-0.05, 0) is 25.1 Å². The monoisotopic (exact) mass is 315 g/mol. The molecule has 0 aromatic heterocycles. The summed E-state index contributed by atoms with van der Waals surface area (Å²) in [6, 6.07) is 6.43. The summed E-state index contributed by atoms with van der Waals surface area (Å²) in [7, 11) is 0. The van der Waals surface area contributed by atoms with Crippen LogP contribution in [0.4, 0.5) is 0 Å². The Balaban J connectivity index is 2.64. The maximum absolute atomic E-state index is 9.22. The normalized spacial score (nSPS) is 12.8. The minimum Gasteiger partial charge on any atom is -0.493 e. The average Bonchev–Trinajstić information content (AvgIpc) is 2.28. The van der Waals surface area contributed by atoms with Crippen LogP contribution in [0.25, 0.3) is 0 Å². The number of hydrogen-bond acceptors (Lipinski definition) is 3. The predicted molar refractivity (Wildman–Crippen MR) is 77.9 cm³/mol. The first-order chi connectivity index (χ1) is 8.49. The number of rotatable bonds is 7. The minimum absolute atomic E-state index is 0.322. The molecule has 18 heavy (non-hydrogen) atoms. The van der Waals surface area contributed by atoms with Gasteiger partial charge in [-0.15, -0.1) is 0 Å². The molecule has 0 saturated heterocycles. The van der Waals surface area contributed by atoms with Gasteiger partial charge in [0.25, 0.3) is 0 Å². The lowest BCUT2D eigenvalue weighted by molar-refractivity contribution is 0.155. The molecule has 0 heterocycles. The van der Waals surface area contributed by atoms with E-state index >= 15 is 0 Å². The van der Waals surface area contributed by atoms with Crippen molar-refractivity contribution < 1.29 is 9.84 Å². The number of aliphatic hydroxyl groups excluding tert-OH is 1. The molecule has 0 radical (unpaired) electrons. The van der Waals surface area contributed by atoms with Crippen molar-refractivity contribution in [3.63, 3.8) is 0 Å². The lowest BCUT2D eigenvalue weighted by Crippen LogP contribution is -2.22. The zero-order valence-corrected chi connectivity index (χ0v) is 12.8. The summed E-state index contributed by atoms with van der Waals surface area (Å²) in [5, 5.41) is 12.6. The van der Waals surface area contributed by atoms with E-state index < -0.39 is 0 Å². The fourth-order valence-corrected chi connectivity index (χ4v) is 1.89. The summed E-state index contributed by atoms with van der Waals surface area (Å²) in [4.78, 5) is 0. The molecule has 1 aromatic carbocycles. The molecule has 1 aromatic rings. The Bertz CT molecular complexity index is 367. The van der Waals surface area contributed by atoms with Crippen molar-refractivity contribution in [1.29, 1.82) is 0 Å². The maximum atomic E-state index is 9.22. The molecule has 0 aliphatic carbocycles. The van der Waals surface area contributed by atoms with Gasteiger partial charge >= 0.3 is 0 Å². The second kappa shape index (κ2) is 7.77. The molecule has 0 bridgehead atoms. The third-order valence-electron chi connectivity index (χ3n) is 2.52. The highest BCUT2D eigenvalue weighted by atomic mass is 79.9. The average molecular weight is 316 g/mol. The van der Waals surface area contributed by atoms with Gasteiger partial charge in [0.1, 0.15) is 5.75 Å². The minimum atomic E-state index is -0.322. The summed E-state index contributed by atoms with van der Waals surface area (Å²) in [5.41, 5.74) is 1.13. The Hall–Kier alpha value is -0.580. The fraction of sp³-hybridized carbons (Fsp3) is 0.571. The van der Waals surface area contributed by atoms with Crippen LogP contribution >= 0.6 is 15.9 Å². The molecule has 3 nitrogen and oxygen atoms in total. The number of benzene rings is 1. The van der Waals surface area contributed by atoms with Gasteiger partial charge in [0, 0.05) is 29.0 Å². The molecule has 0 saturated carbocycles. The molecular formula is C14H22BrNO2. The maximum Gasteiger partial charge on any atom is 0.123 e. The van der Waals surface area contributed by atoms with E-state index in [1.807, 2.05) is 12.1 Å². The number of nitrogens with one attached hydrogen (secondary N) is 1. The molecule has 0 aliphatic rings. The third kappa shape index (κ3) is 5.85. The van der Waals surface area contributed by atoms with E-state index in [2.05, 4.69) is 41.2 Å². The molecule has 1 unspecified atom stereocenters. The zero-order valence-electron chi connectivity index (χ0n) is 11.2. The molecule has 1 atom stereocenters. The number of aliphatic hydroxyl groups is 1. The van der Waals surface area contributed by atoms with Gasteiger partial charge in [0.2, 0.25) is 0 Å². The van der Waals surface area contributed by atoms with Crippen LogP contribution in [0, 0.1) is 0 Å². The summed E-state index contributed by atoms with van der Waals surface area (Å²) in [6.07, 6.45) is 0.324. The topological polar surface area (TPSA) is 41.5 Å². The van der Waals surface area contributed by atoms with Crippen molar-refractivity contribution in [3.05, 3.63) is 28.2 Å². The predicted octanol–water partition coefficient (Wildman–Crippen LogP) is 3.10. The van der Waals surface area contributed by atoms with E-state index in [-0.39, 0.29) is 6.10 Å². The van der Waals surface area contributed by atoms with Crippen molar-refractivity contribution in [2.45, 2.75) is 45.9 Å². The van der Waals surface area contributed by atoms with Crippen LogP contribution in [-0.4, -0.2) is 23.9 Å². The molecule has 0 aliphatic heterocycles. The Kier molecular flexibility index (Phi) is 6.68. The van der Waals surface area contributed by atoms with Crippen molar-refractivity contribution in [2.75, 3.05) is 6.61 Å². The highest BCUT2D eigenvalue weighted by Gasteiger charge is 2.06. The lowest BCUT2D eigenvalue weighted by Gasteiger charge is -2.14. The molecule has 0 amide bonds. The Labute approximate surface area is 118 Å². The molecule has 102 valence electrons. The Morgan fingerprint density at radius 3 is 2.67 bits per heavy atom. The van der Waals surface area contributed by atoms with Gasteiger partial charge in [0.15, 0.2) is 0 Å². The second-order valence-electron chi connectivity index (χ2n) is 4.77. The van der Waals surface area contributed by atoms with E-state index in [1.165, 1.54) is 0 Å². The van der Waals surface area contributed by atoms with Crippen LogP contribution in [-0.2, 0) is 6.54 Å². The van der Waals surface area contributed by atoms with Gasteiger partial charge in [-0.3, -0.25) is 0 Å². The summed E-state index contributed by atoms with van der Waals surface area (Å²) >= 11 is 3.47. The summed E-state index contributed by atoms with van der Waals surface area (Å²) < 4.78 is 6.76. The van der Waals surface area contributed by atoms with Crippen LogP contribution in [0.1, 0.15) is 32.8 Å². The van der Waals surface area contributed by atoms with E-state index in [9.17, 15) is 5.11 Å². The third-order valence-corrected chi connectivity index (χ3v) is 3.01. The van der Waals surface area contributed by atoms with Crippen LogP contribution in [0.5, 0.6) is 5.75 Å². The first-order valence-corrected chi connectivity index (χ1v) is 7.11. The van der Waals surface area contributed by atoms with E-state index in [0.29, 0.717) is 19.1 Å². The largest absolute Gasteiger partial charge is 0.493 e. The summed E-state index contributed by atoms with van der Waals surface area (Å²) in [6.45, 7) is 7.32. The first kappa shape index (κ1) is 15.5. The fourth-order valence-electron chi connectivity index (χ4n) is 1.48. The van der Waals surface area contributed by atoms with Gasteiger partial charge < -0.3 is 15.2 Å². The highest BCUT2D eigenvalue weighted by molar-refractivity contribution is 9.10. The SMILES string of the molecule is CC(O)CCOc1ccc(Br)cc1CNC(C)C. The van der Waals surface area contributed by atoms with E-state index in [1.54, 1.807) is 6.92 Å². The number of halogens is 1. The van der Waals surface area contributed by atoms with Crippen LogP contribution < -0.4 is 10.1 Å². The molecule has 0 fully saturated rings.